The predicted octanol–water partition coefficient (Wildman–Crippen LogP) is 10.9. The molecule has 0 bridgehead atoms. The first-order valence-corrected chi connectivity index (χ1v) is 16.3. The van der Waals surface area contributed by atoms with Crippen LogP contribution in [0.2, 0.25) is 0 Å². The number of fused-ring (bicyclic) bond motifs is 8. The summed E-state index contributed by atoms with van der Waals surface area (Å²) < 4.78 is 4.64. The van der Waals surface area contributed by atoms with Gasteiger partial charge in [0.2, 0.25) is 0 Å². The van der Waals surface area contributed by atoms with Crippen molar-refractivity contribution in [2.24, 2.45) is 0 Å². The van der Waals surface area contributed by atoms with Crippen LogP contribution in [0.4, 0.5) is 0 Å². The van der Waals surface area contributed by atoms with Crippen LogP contribution in [0.1, 0.15) is 22.3 Å². The number of aromatic nitrogens is 2. The lowest BCUT2D eigenvalue weighted by Gasteiger charge is -2.03. The lowest BCUT2D eigenvalue weighted by molar-refractivity contribution is 1.26. The second kappa shape index (κ2) is 8.67. The molecule has 2 aromatic heterocycles. The van der Waals surface area contributed by atoms with Crippen molar-refractivity contribution in [2.45, 2.75) is 12.8 Å². The Labute approximate surface area is 255 Å². The number of nitrogens with zero attached hydrogens (tertiary/aromatic N) is 2. The fourth-order valence-electron chi connectivity index (χ4n) is 6.22. The Balaban J connectivity index is 1.05. The van der Waals surface area contributed by atoms with E-state index in [9.17, 15) is 0 Å². The van der Waals surface area contributed by atoms with Crippen LogP contribution in [0.5, 0.6) is 0 Å². The summed E-state index contributed by atoms with van der Waals surface area (Å²) in [5.74, 6) is 0. The summed E-state index contributed by atoms with van der Waals surface area (Å²) in [5.41, 5.74) is 15.4. The topological polar surface area (TPSA) is 25.8 Å². The fourth-order valence-corrected chi connectivity index (χ4v) is 8.99. The number of benzene rings is 5. The molecule has 0 unspecified atom stereocenters. The zero-order valence-corrected chi connectivity index (χ0v) is 25.8. The third-order valence-corrected chi connectivity index (χ3v) is 11.2. The number of hydrogen-bond donors (Lipinski definition) is 0. The molecular weight excluding hydrogens is 660 g/mol. The van der Waals surface area contributed by atoms with E-state index in [4.69, 9.17) is 9.97 Å². The minimum Gasteiger partial charge on any atom is -0.236 e. The van der Waals surface area contributed by atoms with E-state index in [0.717, 1.165) is 42.8 Å². The van der Waals surface area contributed by atoms with Crippen LogP contribution in [-0.2, 0) is 12.8 Å². The highest BCUT2D eigenvalue weighted by Gasteiger charge is 2.22. The van der Waals surface area contributed by atoms with Gasteiger partial charge in [-0.1, -0.05) is 68.3 Å². The van der Waals surface area contributed by atoms with E-state index in [0.29, 0.717) is 0 Å². The monoisotopic (exact) mass is 676 g/mol. The van der Waals surface area contributed by atoms with Crippen LogP contribution in [0.3, 0.4) is 0 Å². The van der Waals surface area contributed by atoms with Crippen molar-refractivity contribution in [3.05, 3.63) is 116 Å². The van der Waals surface area contributed by atoms with Crippen molar-refractivity contribution in [2.75, 3.05) is 0 Å². The highest BCUT2D eigenvalue weighted by molar-refractivity contribution is 9.10. The molecule has 0 atom stereocenters. The van der Waals surface area contributed by atoms with E-state index >= 15 is 0 Å². The Bertz CT molecular complexity index is 2000. The minimum atomic E-state index is 0.970. The maximum absolute atomic E-state index is 5.07. The highest BCUT2D eigenvalue weighted by Crippen LogP contribution is 2.43. The molecule has 0 fully saturated rings. The van der Waals surface area contributed by atoms with Gasteiger partial charge < -0.3 is 0 Å². The third kappa shape index (κ3) is 3.63. The molecule has 0 spiro atoms. The molecule has 9 rings (SSSR count). The maximum atomic E-state index is 5.07. The van der Waals surface area contributed by atoms with Gasteiger partial charge in [0, 0.05) is 20.1 Å². The molecule has 7 aromatic rings. The van der Waals surface area contributed by atoms with Crippen LogP contribution < -0.4 is 0 Å². The van der Waals surface area contributed by atoms with E-state index in [1.54, 1.807) is 22.7 Å². The molecule has 0 aliphatic heterocycles. The van der Waals surface area contributed by atoms with Gasteiger partial charge in [-0.15, -0.1) is 22.7 Å². The predicted molar refractivity (Wildman–Crippen MR) is 176 cm³/mol. The lowest BCUT2D eigenvalue weighted by Crippen LogP contribution is -1.83. The van der Waals surface area contributed by atoms with Crippen LogP contribution in [0.15, 0.2) is 93.9 Å². The molecule has 2 aliphatic carbocycles. The minimum absolute atomic E-state index is 0.970. The number of thiazole rings is 2. The van der Waals surface area contributed by atoms with Gasteiger partial charge in [0.15, 0.2) is 0 Å². The average Bonchev–Trinajstić information content (AvgIpc) is 3.71. The smallest absolute Gasteiger partial charge is 0.124 e. The highest BCUT2D eigenvalue weighted by atomic mass is 79.9. The van der Waals surface area contributed by atoms with E-state index < -0.39 is 0 Å². The number of halogens is 2. The average molecular weight is 678 g/mol. The lowest BCUT2D eigenvalue weighted by atomic mass is 10.0. The SMILES string of the molecule is Brc1ccc2c(c1)Cc1cc(-c3nc4cc5sc(-c6ccc7c(c6)Cc6cc(Br)ccc6-7)nc5cc4s3)ccc1-2. The molecule has 190 valence electrons. The quantitative estimate of drug-likeness (QED) is 0.182. The van der Waals surface area contributed by atoms with Gasteiger partial charge in [-0.05, 0) is 106 Å². The Morgan fingerprint density at radius 2 is 0.875 bits per heavy atom. The fraction of sp³-hybridized carbons (Fsp3) is 0.0588. The molecule has 0 saturated heterocycles. The molecule has 2 aliphatic rings. The standard InChI is InChI=1S/C34H18Br2N2S2/c35-23-3-7-27-21(13-23)11-19-9-17(1-5-25(19)27)33-37-29-15-32-30(16-31(29)39-33)38-34(40-32)18-2-6-26-20(10-18)12-22-14-24(36)4-8-28(22)26/h1-10,13-16H,11-12H2. The van der Waals surface area contributed by atoms with Crippen molar-refractivity contribution in [3.8, 4) is 43.4 Å². The first kappa shape index (κ1) is 23.5. The normalized spacial score (nSPS) is 13.1. The Hall–Kier alpha value is -3.16. The Morgan fingerprint density at radius 3 is 1.32 bits per heavy atom. The van der Waals surface area contributed by atoms with Gasteiger partial charge in [0.25, 0.3) is 0 Å². The molecular formula is C34H18Br2N2S2. The molecule has 2 nitrogen and oxygen atoms in total. The van der Waals surface area contributed by atoms with Crippen LogP contribution >= 0.6 is 54.5 Å². The van der Waals surface area contributed by atoms with E-state index in [-0.39, 0.29) is 0 Å². The maximum Gasteiger partial charge on any atom is 0.124 e. The number of rotatable bonds is 2. The molecule has 6 heteroatoms. The Kier molecular flexibility index (Phi) is 5.10. The van der Waals surface area contributed by atoms with E-state index in [1.165, 1.54) is 65.0 Å². The van der Waals surface area contributed by atoms with Crippen molar-refractivity contribution in [1.29, 1.82) is 0 Å². The first-order chi connectivity index (χ1) is 19.6. The zero-order chi connectivity index (χ0) is 26.5. The Morgan fingerprint density at radius 1 is 0.475 bits per heavy atom. The molecule has 5 aromatic carbocycles. The number of hydrogen-bond acceptors (Lipinski definition) is 4. The van der Waals surface area contributed by atoms with Crippen molar-refractivity contribution in [3.63, 3.8) is 0 Å². The summed E-state index contributed by atoms with van der Waals surface area (Å²) in [6.07, 6.45) is 1.94. The van der Waals surface area contributed by atoms with Crippen LogP contribution in [0, 0.1) is 0 Å². The molecule has 40 heavy (non-hydrogen) atoms. The van der Waals surface area contributed by atoms with Crippen molar-refractivity contribution < 1.29 is 0 Å². The summed E-state index contributed by atoms with van der Waals surface area (Å²) in [5, 5.41) is 2.13. The second-order valence-corrected chi connectivity index (χ2v) is 14.4. The zero-order valence-electron chi connectivity index (χ0n) is 21.0. The van der Waals surface area contributed by atoms with E-state index in [2.05, 4.69) is 117 Å². The summed E-state index contributed by atoms with van der Waals surface area (Å²) in [6.45, 7) is 0. The second-order valence-electron chi connectivity index (χ2n) is 10.5. The van der Waals surface area contributed by atoms with Gasteiger partial charge >= 0.3 is 0 Å². The molecule has 0 radical (unpaired) electrons. The van der Waals surface area contributed by atoms with Gasteiger partial charge in [-0.3, -0.25) is 0 Å². The van der Waals surface area contributed by atoms with Crippen LogP contribution in [0.25, 0.3) is 63.8 Å². The van der Waals surface area contributed by atoms with Crippen molar-refractivity contribution >= 4 is 75.0 Å². The summed E-state index contributed by atoms with van der Waals surface area (Å²) >= 11 is 10.7. The van der Waals surface area contributed by atoms with Crippen molar-refractivity contribution in [1.82, 2.24) is 9.97 Å². The van der Waals surface area contributed by atoms with Gasteiger partial charge in [0.05, 0.1) is 20.4 Å². The van der Waals surface area contributed by atoms with Gasteiger partial charge in [-0.2, -0.15) is 0 Å². The largest absolute Gasteiger partial charge is 0.236 e. The molecule has 0 N–H and O–H groups in total. The van der Waals surface area contributed by atoms with Crippen LogP contribution in [-0.4, -0.2) is 9.97 Å². The summed E-state index contributed by atoms with van der Waals surface area (Å²) in [6, 6.07) is 31.2. The molecule has 2 heterocycles. The molecule has 0 saturated carbocycles. The third-order valence-electron chi connectivity index (χ3n) is 8.08. The summed E-state index contributed by atoms with van der Waals surface area (Å²) in [7, 11) is 0. The molecule has 0 amide bonds. The van der Waals surface area contributed by atoms with Gasteiger partial charge in [0.1, 0.15) is 10.0 Å². The summed E-state index contributed by atoms with van der Waals surface area (Å²) in [4.78, 5) is 10.1. The van der Waals surface area contributed by atoms with E-state index in [1.807, 2.05) is 0 Å². The first-order valence-electron chi connectivity index (χ1n) is 13.1. The van der Waals surface area contributed by atoms with Gasteiger partial charge in [-0.25, -0.2) is 9.97 Å².